The molecule has 2 aromatic rings. The van der Waals surface area contributed by atoms with Crippen molar-refractivity contribution >= 4 is 15.9 Å². The topological polar surface area (TPSA) is 26.0 Å². The Morgan fingerprint density at radius 3 is 2.67 bits per heavy atom. The van der Waals surface area contributed by atoms with Crippen molar-refractivity contribution in [1.29, 1.82) is 0 Å². The highest BCUT2D eigenvalue weighted by atomic mass is 79.9. The second-order valence-corrected chi connectivity index (χ2v) is 5.26. The maximum Gasteiger partial charge on any atom is 0.123 e. The minimum atomic E-state index is -0.256. The summed E-state index contributed by atoms with van der Waals surface area (Å²) >= 11 is 3.42. The van der Waals surface area contributed by atoms with Gasteiger partial charge in [-0.2, -0.15) is 0 Å². The van der Waals surface area contributed by atoms with E-state index in [0.717, 1.165) is 10.0 Å². The van der Waals surface area contributed by atoms with E-state index in [0.29, 0.717) is 6.42 Å². The molecule has 0 radical (unpaired) electrons. The summed E-state index contributed by atoms with van der Waals surface area (Å²) in [5, 5.41) is 0. The molecule has 0 aliphatic heterocycles. The molecule has 0 saturated carbocycles. The molecule has 0 fully saturated rings. The van der Waals surface area contributed by atoms with E-state index in [1.165, 1.54) is 23.3 Å². The molecule has 0 saturated heterocycles. The maximum absolute atomic E-state index is 13.2. The minimum Gasteiger partial charge on any atom is -0.324 e. The van der Waals surface area contributed by atoms with Crippen molar-refractivity contribution in [3.05, 3.63) is 69.4 Å². The average Bonchev–Trinajstić information content (AvgIpc) is 2.35. The van der Waals surface area contributed by atoms with Gasteiger partial charge in [0.15, 0.2) is 0 Å². The average molecular weight is 308 g/mol. The van der Waals surface area contributed by atoms with E-state index in [9.17, 15) is 4.39 Å². The van der Waals surface area contributed by atoms with Crippen LogP contribution in [0.4, 0.5) is 4.39 Å². The molecule has 0 aliphatic carbocycles. The molecule has 0 bridgehead atoms. The second kappa shape index (κ2) is 5.63. The van der Waals surface area contributed by atoms with Crippen LogP contribution in [0.5, 0.6) is 0 Å². The van der Waals surface area contributed by atoms with Crippen LogP contribution < -0.4 is 5.73 Å². The largest absolute Gasteiger partial charge is 0.324 e. The smallest absolute Gasteiger partial charge is 0.123 e. The molecule has 2 aromatic carbocycles. The first-order chi connectivity index (χ1) is 8.58. The van der Waals surface area contributed by atoms with Gasteiger partial charge in [-0.05, 0) is 48.2 Å². The van der Waals surface area contributed by atoms with E-state index in [2.05, 4.69) is 35.0 Å². The van der Waals surface area contributed by atoms with Crippen LogP contribution in [0.3, 0.4) is 0 Å². The highest BCUT2D eigenvalue weighted by Crippen LogP contribution is 2.26. The fraction of sp³-hybridized carbons (Fsp3) is 0.200. The summed E-state index contributed by atoms with van der Waals surface area (Å²) < 4.78 is 14.1. The molecule has 0 aliphatic rings. The van der Waals surface area contributed by atoms with E-state index < -0.39 is 0 Å². The normalized spacial score (nSPS) is 12.4. The highest BCUT2D eigenvalue weighted by Gasteiger charge is 2.12. The molecular weight excluding hydrogens is 293 g/mol. The van der Waals surface area contributed by atoms with Crippen LogP contribution in [0, 0.1) is 12.7 Å². The first-order valence-corrected chi connectivity index (χ1v) is 6.62. The molecule has 0 aromatic heterocycles. The van der Waals surface area contributed by atoms with Crippen molar-refractivity contribution in [1.82, 2.24) is 0 Å². The van der Waals surface area contributed by atoms with Crippen molar-refractivity contribution in [2.75, 3.05) is 0 Å². The first-order valence-electron chi connectivity index (χ1n) is 5.83. The van der Waals surface area contributed by atoms with E-state index in [4.69, 9.17) is 5.73 Å². The molecule has 1 unspecified atom stereocenters. The molecule has 3 heteroatoms. The molecule has 18 heavy (non-hydrogen) atoms. The monoisotopic (exact) mass is 307 g/mol. The summed E-state index contributed by atoms with van der Waals surface area (Å²) in [4.78, 5) is 0. The zero-order valence-corrected chi connectivity index (χ0v) is 11.7. The van der Waals surface area contributed by atoms with Gasteiger partial charge >= 0.3 is 0 Å². The van der Waals surface area contributed by atoms with Crippen molar-refractivity contribution in [2.24, 2.45) is 5.73 Å². The SMILES string of the molecule is Cc1ccccc1CC(N)c1cc(F)ccc1Br. The second-order valence-electron chi connectivity index (χ2n) is 4.40. The molecule has 0 spiro atoms. The van der Waals surface area contributed by atoms with Gasteiger partial charge in [-0.3, -0.25) is 0 Å². The molecule has 2 N–H and O–H groups in total. The van der Waals surface area contributed by atoms with Gasteiger partial charge in [-0.1, -0.05) is 40.2 Å². The predicted octanol–water partition coefficient (Wildman–Crippen LogP) is 4.14. The Bertz CT molecular complexity index is 554. The zero-order chi connectivity index (χ0) is 13.1. The minimum absolute atomic E-state index is 0.212. The molecule has 0 amide bonds. The van der Waals surface area contributed by atoms with Crippen LogP contribution in [0.2, 0.25) is 0 Å². The molecule has 94 valence electrons. The molecular formula is C15H15BrFN. The number of halogens is 2. The van der Waals surface area contributed by atoms with Gasteiger partial charge in [0.05, 0.1) is 0 Å². The molecule has 0 heterocycles. The lowest BCUT2D eigenvalue weighted by atomic mass is 9.97. The van der Waals surface area contributed by atoms with E-state index in [-0.39, 0.29) is 11.9 Å². The summed E-state index contributed by atoms with van der Waals surface area (Å²) in [7, 11) is 0. The lowest BCUT2D eigenvalue weighted by Crippen LogP contribution is -2.14. The quantitative estimate of drug-likeness (QED) is 0.906. The summed E-state index contributed by atoms with van der Waals surface area (Å²) in [6.07, 6.45) is 0.703. The third-order valence-electron chi connectivity index (χ3n) is 3.06. The third kappa shape index (κ3) is 2.98. The number of hydrogen-bond acceptors (Lipinski definition) is 1. The van der Waals surface area contributed by atoms with Crippen LogP contribution >= 0.6 is 15.9 Å². The Balaban J connectivity index is 2.25. The molecule has 1 nitrogen and oxygen atoms in total. The lowest BCUT2D eigenvalue weighted by molar-refractivity contribution is 0.617. The Morgan fingerprint density at radius 2 is 1.94 bits per heavy atom. The predicted molar refractivity (Wildman–Crippen MR) is 75.9 cm³/mol. The van der Waals surface area contributed by atoms with Gasteiger partial charge in [0.2, 0.25) is 0 Å². The van der Waals surface area contributed by atoms with Gasteiger partial charge in [-0.15, -0.1) is 0 Å². The molecule has 2 rings (SSSR count). The summed E-state index contributed by atoms with van der Waals surface area (Å²) in [5.74, 6) is -0.256. The number of rotatable bonds is 3. The first kappa shape index (κ1) is 13.2. The number of aryl methyl sites for hydroxylation is 1. The molecule has 1 atom stereocenters. The number of benzene rings is 2. The summed E-state index contributed by atoms with van der Waals surface area (Å²) in [6.45, 7) is 2.06. The van der Waals surface area contributed by atoms with E-state index in [1.807, 2.05) is 12.1 Å². The maximum atomic E-state index is 13.2. The third-order valence-corrected chi connectivity index (χ3v) is 3.78. The number of hydrogen-bond donors (Lipinski definition) is 1. The Morgan fingerprint density at radius 1 is 1.22 bits per heavy atom. The summed E-state index contributed by atoms with van der Waals surface area (Å²) in [6, 6.07) is 12.5. The Hall–Kier alpha value is -1.19. The van der Waals surface area contributed by atoms with Crippen LogP contribution in [0.15, 0.2) is 46.9 Å². The van der Waals surface area contributed by atoms with Crippen LogP contribution in [-0.2, 0) is 6.42 Å². The van der Waals surface area contributed by atoms with Crippen LogP contribution in [0.25, 0.3) is 0 Å². The van der Waals surface area contributed by atoms with Crippen molar-refractivity contribution in [3.63, 3.8) is 0 Å². The fourth-order valence-electron chi connectivity index (χ4n) is 1.98. The van der Waals surface area contributed by atoms with E-state index >= 15 is 0 Å². The van der Waals surface area contributed by atoms with Gasteiger partial charge in [0, 0.05) is 10.5 Å². The lowest BCUT2D eigenvalue weighted by Gasteiger charge is -2.15. The van der Waals surface area contributed by atoms with Gasteiger partial charge < -0.3 is 5.73 Å². The standard InChI is InChI=1S/C15H15BrFN/c1-10-4-2-3-5-11(10)8-15(18)13-9-12(17)6-7-14(13)16/h2-7,9,15H,8,18H2,1H3. The number of nitrogens with two attached hydrogens (primary N) is 1. The van der Waals surface area contributed by atoms with Crippen molar-refractivity contribution < 1.29 is 4.39 Å². The van der Waals surface area contributed by atoms with E-state index in [1.54, 1.807) is 6.07 Å². The van der Waals surface area contributed by atoms with Crippen molar-refractivity contribution in [3.8, 4) is 0 Å². The fourth-order valence-corrected chi connectivity index (χ4v) is 2.53. The van der Waals surface area contributed by atoms with Crippen LogP contribution in [0.1, 0.15) is 22.7 Å². The summed E-state index contributed by atoms with van der Waals surface area (Å²) in [5.41, 5.74) is 9.38. The zero-order valence-electron chi connectivity index (χ0n) is 10.2. The van der Waals surface area contributed by atoms with Gasteiger partial charge in [0.1, 0.15) is 5.82 Å². The van der Waals surface area contributed by atoms with Gasteiger partial charge in [-0.25, -0.2) is 4.39 Å². The van der Waals surface area contributed by atoms with Crippen molar-refractivity contribution in [2.45, 2.75) is 19.4 Å². The Labute approximate surface area is 115 Å². The highest BCUT2D eigenvalue weighted by molar-refractivity contribution is 9.10. The van der Waals surface area contributed by atoms with Gasteiger partial charge in [0.25, 0.3) is 0 Å². The van der Waals surface area contributed by atoms with Crippen LogP contribution in [-0.4, -0.2) is 0 Å². The Kier molecular flexibility index (Phi) is 4.15.